The molecule has 0 amide bonds. The van der Waals surface area contributed by atoms with Crippen molar-refractivity contribution in [2.24, 2.45) is 0 Å². The number of halogens is 1. The Morgan fingerprint density at radius 3 is 2.56 bits per heavy atom. The van der Waals surface area contributed by atoms with E-state index in [4.69, 9.17) is 21.4 Å². The topological polar surface area (TPSA) is 61.7 Å². The van der Waals surface area contributed by atoms with Gasteiger partial charge in [-0.3, -0.25) is 0 Å². The predicted molar refractivity (Wildman–Crippen MR) is 71.8 cm³/mol. The van der Waals surface area contributed by atoms with Gasteiger partial charge in [0, 0.05) is 31.3 Å². The molecule has 0 aromatic heterocycles. The number of aliphatic hydroxyl groups is 2. The monoisotopic (exact) mass is 273 g/mol. The minimum atomic E-state index is -0.597. The second kappa shape index (κ2) is 8.45. The van der Waals surface area contributed by atoms with Gasteiger partial charge in [-0.05, 0) is 24.1 Å². The van der Waals surface area contributed by atoms with Crippen LogP contribution in [0.15, 0.2) is 24.3 Å². The van der Waals surface area contributed by atoms with E-state index >= 15 is 0 Å². The maximum absolute atomic E-state index is 9.99. The summed E-state index contributed by atoms with van der Waals surface area (Å²) in [6, 6.07) is 7.14. The Hall–Kier alpha value is -0.650. The summed E-state index contributed by atoms with van der Waals surface area (Å²) in [4.78, 5) is 0. The Kier molecular flexibility index (Phi) is 7.23. The molecule has 1 aromatic carbocycles. The van der Waals surface area contributed by atoms with Crippen LogP contribution in [0.2, 0.25) is 5.02 Å². The average Bonchev–Trinajstić information content (AvgIpc) is 2.37. The summed E-state index contributed by atoms with van der Waals surface area (Å²) in [7, 11) is 1.61. The summed E-state index contributed by atoms with van der Waals surface area (Å²) in [5.41, 5.74) is 0.812. The van der Waals surface area contributed by atoms with E-state index < -0.39 is 6.10 Å². The van der Waals surface area contributed by atoms with E-state index in [-0.39, 0.29) is 12.6 Å². The van der Waals surface area contributed by atoms with Crippen LogP contribution in [0.1, 0.15) is 18.1 Å². The number of rotatable bonds is 8. The molecule has 1 rings (SSSR count). The van der Waals surface area contributed by atoms with Crippen molar-refractivity contribution in [2.75, 3.05) is 26.9 Å². The van der Waals surface area contributed by atoms with E-state index in [1.807, 2.05) is 0 Å². The van der Waals surface area contributed by atoms with Gasteiger partial charge in [-0.15, -0.1) is 0 Å². The van der Waals surface area contributed by atoms with Crippen molar-refractivity contribution in [1.29, 1.82) is 0 Å². The molecule has 0 heterocycles. The van der Waals surface area contributed by atoms with Gasteiger partial charge in [0.05, 0.1) is 12.7 Å². The SMILES string of the molecule is COCC(CCO)NCC(O)c1ccc(Cl)cc1. The van der Waals surface area contributed by atoms with Crippen molar-refractivity contribution >= 4 is 11.6 Å². The quantitative estimate of drug-likeness (QED) is 0.669. The van der Waals surface area contributed by atoms with Gasteiger partial charge in [0.2, 0.25) is 0 Å². The molecule has 0 saturated heterocycles. The predicted octanol–water partition coefficient (Wildman–Crippen LogP) is 1.36. The molecule has 3 N–H and O–H groups in total. The lowest BCUT2D eigenvalue weighted by Crippen LogP contribution is -2.36. The fourth-order valence-electron chi connectivity index (χ4n) is 1.68. The van der Waals surface area contributed by atoms with Crippen LogP contribution in [0.25, 0.3) is 0 Å². The van der Waals surface area contributed by atoms with E-state index in [0.717, 1.165) is 5.56 Å². The zero-order chi connectivity index (χ0) is 13.4. The summed E-state index contributed by atoms with van der Waals surface area (Å²) in [6.07, 6.45) is 0.00146. The molecule has 0 aliphatic rings. The molecule has 5 heteroatoms. The molecule has 18 heavy (non-hydrogen) atoms. The maximum atomic E-state index is 9.99. The van der Waals surface area contributed by atoms with Gasteiger partial charge in [-0.25, -0.2) is 0 Å². The van der Waals surface area contributed by atoms with Crippen molar-refractivity contribution in [3.63, 3.8) is 0 Å². The van der Waals surface area contributed by atoms with E-state index in [9.17, 15) is 5.11 Å². The number of methoxy groups -OCH3 is 1. The van der Waals surface area contributed by atoms with Crippen molar-refractivity contribution in [3.05, 3.63) is 34.9 Å². The van der Waals surface area contributed by atoms with Crippen LogP contribution in [0.3, 0.4) is 0 Å². The smallest absolute Gasteiger partial charge is 0.0914 e. The van der Waals surface area contributed by atoms with Gasteiger partial charge in [0.15, 0.2) is 0 Å². The van der Waals surface area contributed by atoms with Crippen molar-refractivity contribution < 1.29 is 14.9 Å². The molecule has 1 aromatic rings. The Bertz CT molecular complexity index is 326. The molecule has 0 saturated carbocycles. The first-order chi connectivity index (χ1) is 8.67. The summed E-state index contributed by atoms with van der Waals surface area (Å²) in [5.74, 6) is 0. The van der Waals surface area contributed by atoms with Crippen LogP contribution in [-0.4, -0.2) is 43.1 Å². The minimum absolute atomic E-state index is 0.0435. The lowest BCUT2D eigenvalue weighted by atomic mass is 10.1. The lowest BCUT2D eigenvalue weighted by molar-refractivity contribution is 0.127. The van der Waals surface area contributed by atoms with Crippen LogP contribution in [-0.2, 0) is 4.74 Å². The Morgan fingerprint density at radius 1 is 1.33 bits per heavy atom. The van der Waals surface area contributed by atoms with Crippen LogP contribution >= 0.6 is 11.6 Å². The second-order valence-electron chi connectivity index (χ2n) is 4.14. The molecule has 4 nitrogen and oxygen atoms in total. The molecule has 0 aliphatic heterocycles. The van der Waals surface area contributed by atoms with Gasteiger partial charge in [-0.1, -0.05) is 23.7 Å². The molecule has 0 radical (unpaired) electrons. The molecule has 0 fully saturated rings. The Balaban J connectivity index is 2.43. The third-order valence-electron chi connectivity index (χ3n) is 2.70. The Morgan fingerprint density at radius 2 is 2.00 bits per heavy atom. The fourth-order valence-corrected chi connectivity index (χ4v) is 1.81. The highest BCUT2D eigenvalue weighted by Gasteiger charge is 2.11. The molecule has 0 bridgehead atoms. The summed E-state index contributed by atoms with van der Waals surface area (Å²) >= 11 is 5.78. The van der Waals surface area contributed by atoms with Crippen molar-refractivity contribution in [1.82, 2.24) is 5.32 Å². The minimum Gasteiger partial charge on any atom is -0.396 e. The first-order valence-corrected chi connectivity index (χ1v) is 6.32. The van der Waals surface area contributed by atoms with E-state index in [1.54, 1.807) is 31.4 Å². The van der Waals surface area contributed by atoms with Crippen molar-refractivity contribution in [2.45, 2.75) is 18.6 Å². The van der Waals surface area contributed by atoms with E-state index in [2.05, 4.69) is 5.32 Å². The highest BCUT2D eigenvalue weighted by Crippen LogP contribution is 2.15. The largest absolute Gasteiger partial charge is 0.396 e. The number of benzene rings is 1. The van der Waals surface area contributed by atoms with Crippen molar-refractivity contribution in [3.8, 4) is 0 Å². The number of nitrogens with one attached hydrogen (secondary N) is 1. The first kappa shape index (κ1) is 15.4. The third-order valence-corrected chi connectivity index (χ3v) is 2.95. The van der Waals surface area contributed by atoms with Crippen LogP contribution < -0.4 is 5.32 Å². The maximum Gasteiger partial charge on any atom is 0.0914 e. The molecule has 102 valence electrons. The zero-order valence-corrected chi connectivity index (χ0v) is 11.2. The van der Waals surface area contributed by atoms with E-state index in [0.29, 0.717) is 24.6 Å². The molecular weight excluding hydrogens is 254 g/mol. The molecular formula is C13H20ClNO3. The number of ether oxygens (including phenoxy) is 1. The zero-order valence-electron chi connectivity index (χ0n) is 10.5. The normalized spacial score (nSPS) is 14.4. The van der Waals surface area contributed by atoms with Crippen LogP contribution in [0.5, 0.6) is 0 Å². The summed E-state index contributed by atoms with van der Waals surface area (Å²) in [5, 5.41) is 22.7. The third kappa shape index (κ3) is 5.33. The highest BCUT2D eigenvalue weighted by molar-refractivity contribution is 6.30. The van der Waals surface area contributed by atoms with Crippen LogP contribution in [0, 0.1) is 0 Å². The average molecular weight is 274 g/mol. The lowest BCUT2D eigenvalue weighted by Gasteiger charge is -2.19. The number of aliphatic hydroxyl groups excluding tert-OH is 2. The van der Waals surface area contributed by atoms with Gasteiger partial charge in [0.1, 0.15) is 0 Å². The van der Waals surface area contributed by atoms with Gasteiger partial charge < -0.3 is 20.3 Å². The molecule has 0 aliphatic carbocycles. The number of hydrogen-bond acceptors (Lipinski definition) is 4. The second-order valence-corrected chi connectivity index (χ2v) is 4.58. The molecule has 2 atom stereocenters. The van der Waals surface area contributed by atoms with E-state index in [1.165, 1.54) is 0 Å². The first-order valence-electron chi connectivity index (χ1n) is 5.94. The molecule has 0 spiro atoms. The van der Waals surface area contributed by atoms with Gasteiger partial charge in [0.25, 0.3) is 0 Å². The van der Waals surface area contributed by atoms with Crippen LogP contribution in [0.4, 0.5) is 0 Å². The number of hydrogen-bond donors (Lipinski definition) is 3. The highest BCUT2D eigenvalue weighted by atomic mass is 35.5. The fraction of sp³-hybridized carbons (Fsp3) is 0.538. The van der Waals surface area contributed by atoms with Gasteiger partial charge >= 0.3 is 0 Å². The Labute approximate surface area is 113 Å². The summed E-state index contributed by atoms with van der Waals surface area (Å²) < 4.78 is 5.04. The standard InChI is InChI=1S/C13H20ClNO3/c1-18-9-12(6-7-16)15-8-13(17)10-2-4-11(14)5-3-10/h2-5,12-13,15-17H,6-9H2,1H3. The summed E-state index contributed by atoms with van der Waals surface area (Å²) in [6.45, 7) is 1.02. The molecule has 2 unspecified atom stereocenters. The van der Waals surface area contributed by atoms with Gasteiger partial charge in [-0.2, -0.15) is 0 Å².